The molecule has 1 aromatic rings. The quantitative estimate of drug-likeness (QED) is 0.564. The molecule has 0 amide bonds. The van der Waals surface area contributed by atoms with Gasteiger partial charge in [0, 0.05) is 19.1 Å². The summed E-state index contributed by atoms with van der Waals surface area (Å²) < 4.78 is 10.8. The minimum absolute atomic E-state index is 0.245. The number of hydrogen-bond donors (Lipinski definition) is 0. The zero-order chi connectivity index (χ0) is 13.2. The fraction of sp³-hybridized carbons (Fsp3) is 0.500. The topological polar surface area (TPSA) is 18.5 Å². The van der Waals surface area contributed by atoms with E-state index in [4.69, 9.17) is 9.47 Å². The van der Waals surface area contributed by atoms with E-state index in [0.29, 0.717) is 13.2 Å². The average molecular weight is 246 g/mol. The van der Waals surface area contributed by atoms with E-state index in [1.165, 1.54) is 5.56 Å². The van der Waals surface area contributed by atoms with E-state index in [1.54, 1.807) is 0 Å². The molecule has 1 rings (SSSR count). The van der Waals surface area contributed by atoms with E-state index in [1.807, 2.05) is 32.0 Å². The first-order valence-corrected chi connectivity index (χ1v) is 6.61. The normalized spacial score (nSPS) is 12.0. The molecule has 2 heteroatoms. The van der Waals surface area contributed by atoms with E-state index in [2.05, 4.69) is 30.9 Å². The van der Waals surface area contributed by atoms with Gasteiger partial charge in [0.05, 0.1) is 0 Å². The van der Waals surface area contributed by atoms with Crippen molar-refractivity contribution in [3.63, 3.8) is 0 Å². The third-order valence-corrected chi connectivity index (χ3v) is 2.62. The molecule has 0 bridgehead atoms. The van der Waals surface area contributed by atoms with E-state index >= 15 is 0 Å². The van der Waals surface area contributed by atoms with Gasteiger partial charge in [-0.15, -0.1) is 0 Å². The molecule has 18 heavy (non-hydrogen) atoms. The molecule has 0 saturated heterocycles. The molecule has 0 saturated carbocycles. The van der Waals surface area contributed by atoms with Gasteiger partial charge in [-0.3, -0.25) is 0 Å². The molecule has 0 aliphatic heterocycles. The predicted octanol–water partition coefficient (Wildman–Crippen LogP) is 3.58. The lowest BCUT2D eigenvalue weighted by molar-refractivity contribution is -0.0970. The zero-order valence-corrected chi connectivity index (χ0v) is 11.5. The van der Waals surface area contributed by atoms with Crippen LogP contribution in [0.15, 0.2) is 30.3 Å². The van der Waals surface area contributed by atoms with Crippen molar-refractivity contribution in [2.45, 2.75) is 39.4 Å². The monoisotopic (exact) mass is 246 g/mol. The molecule has 0 aromatic heterocycles. The zero-order valence-electron chi connectivity index (χ0n) is 11.5. The van der Waals surface area contributed by atoms with Crippen molar-refractivity contribution in [3.05, 3.63) is 35.9 Å². The molecule has 0 fully saturated rings. The van der Waals surface area contributed by atoms with Crippen LogP contribution >= 0.6 is 0 Å². The van der Waals surface area contributed by atoms with Gasteiger partial charge in [-0.25, -0.2) is 0 Å². The Balaban J connectivity index is 2.73. The Morgan fingerprint density at radius 2 is 1.56 bits per heavy atom. The van der Waals surface area contributed by atoms with E-state index in [9.17, 15) is 0 Å². The molecule has 0 N–H and O–H groups in total. The molecule has 0 unspecified atom stereocenters. The first-order chi connectivity index (χ1) is 8.81. The SMILES string of the molecule is CCOC(C#C[C@H](CC)c1ccccc1)OCC. The van der Waals surface area contributed by atoms with Crippen molar-refractivity contribution in [1.82, 2.24) is 0 Å². The molecule has 1 aromatic carbocycles. The van der Waals surface area contributed by atoms with Crippen molar-refractivity contribution < 1.29 is 9.47 Å². The Morgan fingerprint density at radius 1 is 0.944 bits per heavy atom. The van der Waals surface area contributed by atoms with Crippen molar-refractivity contribution >= 4 is 0 Å². The van der Waals surface area contributed by atoms with Crippen LogP contribution in [0.1, 0.15) is 38.7 Å². The van der Waals surface area contributed by atoms with Crippen LogP contribution in [0.4, 0.5) is 0 Å². The Hall–Kier alpha value is -1.30. The van der Waals surface area contributed by atoms with Crippen LogP contribution in [-0.4, -0.2) is 19.5 Å². The smallest absolute Gasteiger partial charge is 0.222 e. The molecule has 0 radical (unpaired) electrons. The van der Waals surface area contributed by atoms with Gasteiger partial charge in [-0.1, -0.05) is 43.2 Å². The van der Waals surface area contributed by atoms with Crippen LogP contribution in [0, 0.1) is 11.8 Å². The molecular formula is C16H22O2. The van der Waals surface area contributed by atoms with Crippen molar-refractivity contribution in [2.24, 2.45) is 0 Å². The average Bonchev–Trinajstić information content (AvgIpc) is 2.41. The predicted molar refractivity (Wildman–Crippen MR) is 74.3 cm³/mol. The van der Waals surface area contributed by atoms with Gasteiger partial charge in [-0.2, -0.15) is 0 Å². The first-order valence-electron chi connectivity index (χ1n) is 6.61. The molecular weight excluding hydrogens is 224 g/mol. The van der Waals surface area contributed by atoms with Crippen LogP contribution in [-0.2, 0) is 9.47 Å². The van der Waals surface area contributed by atoms with Crippen LogP contribution < -0.4 is 0 Å². The van der Waals surface area contributed by atoms with Gasteiger partial charge >= 0.3 is 0 Å². The lowest BCUT2D eigenvalue weighted by Crippen LogP contribution is -2.15. The first kappa shape index (κ1) is 14.8. The molecule has 0 aliphatic carbocycles. The molecule has 0 spiro atoms. The minimum Gasteiger partial charge on any atom is -0.342 e. The van der Waals surface area contributed by atoms with Crippen molar-refractivity contribution in [1.29, 1.82) is 0 Å². The van der Waals surface area contributed by atoms with E-state index < -0.39 is 6.29 Å². The highest BCUT2D eigenvalue weighted by molar-refractivity contribution is 5.28. The highest BCUT2D eigenvalue weighted by Gasteiger charge is 2.07. The Morgan fingerprint density at radius 3 is 2.06 bits per heavy atom. The van der Waals surface area contributed by atoms with Crippen LogP contribution in [0.2, 0.25) is 0 Å². The fourth-order valence-corrected chi connectivity index (χ4v) is 1.71. The third-order valence-electron chi connectivity index (χ3n) is 2.62. The van der Waals surface area contributed by atoms with Gasteiger partial charge in [-0.05, 0) is 31.8 Å². The summed E-state index contributed by atoms with van der Waals surface area (Å²) in [4.78, 5) is 0. The summed E-state index contributed by atoms with van der Waals surface area (Å²) in [5.41, 5.74) is 1.25. The second-order valence-corrected chi connectivity index (χ2v) is 3.90. The Kier molecular flexibility index (Phi) is 7.17. The van der Waals surface area contributed by atoms with Crippen molar-refractivity contribution in [3.8, 4) is 11.8 Å². The molecule has 1 atom stereocenters. The third kappa shape index (κ3) is 4.91. The van der Waals surface area contributed by atoms with E-state index in [-0.39, 0.29) is 5.92 Å². The summed E-state index contributed by atoms with van der Waals surface area (Å²) in [5.74, 6) is 6.58. The standard InChI is InChI=1S/C16H22O2/c1-4-14(15-10-8-7-9-11-15)12-13-16(17-5-2)18-6-3/h7-11,14,16H,4-6H2,1-3H3/t14-/m0/s1. The largest absolute Gasteiger partial charge is 0.342 e. The summed E-state index contributed by atoms with van der Waals surface area (Å²) in [6.45, 7) is 7.26. The maximum atomic E-state index is 5.42. The highest BCUT2D eigenvalue weighted by atomic mass is 16.7. The number of hydrogen-bond acceptors (Lipinski definition) is 2. The number of ether oxygens (including phenoxy) is 2. The molecule has 0 heterocycles. The van der Waals surface area contributed by atoms with E-state index in [0.717, 1.165) is 6.42 Å². The Labute approximate surface area is 110 Å². The lowest BCUT2D eigenvalue weighted by atomic mass is 9.97. The molecule has 98 valence electrons. The summed E-state index contributed by atoms with van der Waals surface area (Å²) in [7, 11) is 0. The lowest BCUT2D eigenvalue weighted by Gasteiger charge is -2.11. The van der Waals surface area contributed by atoms with Crippen molar-refractivity contribution in [2.75, 3.05) is 13.2 Å². The maximum absolute atomic E-state index is 5.42. The maximum Gasteiger partial charge on any atom is 0.222 e. The highest BCUT2D eigenvalue weighted by Crippen LogP contribution is 2.17. The van der Waals surface area contributed by atoms with Gasteiger partial charge in [0.1, 0.15) is 0 Å². The summed E-state index contributed by atoms with van der Waals surface area (Å²) in [6, 6.07) is 10.3. The summed E-state index contributed by atoms with van der Waals surface area (Å²) in [5, 5.41) is 0. The summed E-state index contributed by atoms with van der Waals surface area (Å²) in [6.07, 6.45) is 0.583. The molecule has 0 aliphatic rings. The van der Waals surface area contributed by atoms with Crippen LogP contribution in [0.5, 0.6) is 0 Å². The number of rotatable bonds is 6. The summed E-state index contributed by atoms with van der Waals surface area (Å²) >= 11 is 0. The second kappa shape index (κ2) is 8.74. The van der Waals surface area contributed by atoms with Gasteiger partial charge in [0.25, 0.3) is 0 Å². The van der Waals surface area contributed by atoms with Crippen LogP contribution in [0.25, 0.3) is 0 Å². The van der Waals surface area contributed by atoms with Gasteiger partial charge < -0.3 is 9.47 Å². The van der Waals surface area contributed by atoms with Crippen LogP contribution in [0.3, 0.4) is 0 Å². The molecule has 2 nitrogen and oxygen atoms in total. The van der Waals surface area contributed by atoms with Gasteiger partial charge in [0.2, 0.25) is 6.29 Å². The second-order valence-electron chi connectivity index (χ2n) is 3.90. The minimum atomic E-state index is -0.405. The Bertz CT molecular complexity index is 369. The van der Waals surface area contributed by atoms with Gasteiger partial charge in [0.15, 0.2) is 0 Å². The fourth-order valence-electron chi connectivity index (χ4n) is 1.71. The number of benzene rings is 1.